The van der Waals surface area contributed by atoms with E-state index in [2.05, 4.69) is 0 Å². The summed E-state index contributed by atoms with van der Waals surface area (Å²) in [6.45, 7) is 0. The monoisotopic (exact) mass is 232 g/mol. The lowest BCUT2D eigenvalue weighted by Gasteiger charge is -2.44. The Bertz CT molecular complexity index is 369. The van der Waals surface area contributed by atoms with Crippen molar-refractivity contribution in [3.05, 3.63) is 0 Å². The van der Waals surface area contributed by atoms with Crippen molar-refractivity contribution >= 4 is 23.9 Å². The molecule has 0 amide bonds. The Hall–Kier alpha value is -2.12. The van der Waals surface area contributed by atoms with E-state index in [0.717, 1.165) is 0 Å². The molecule has 0 spiro atoms. The minimum absolute atomic E-state index is 0.718. The molecule has 8 nitrogen and oxygen atoms in total. The summed E-state index contributed by atoms with van der Waals surface area (Å²) >= 11 is 0. The Labute approximate surface area is 88.1 Å². The summed E-state index contributed by atoms with van der Waals surface area (Å²) in [7, 11) is 0. The number of carboxylic acids is 4. The van der Waals surface area contributed by atoms with Gasteiger partial charge in [-0.1, -0.05) is 0 Å². The molecule has 0 bridgehead atoms. The standard InChI is InChI=1S/C8H8O8/c9-4(10)2-1-8(6(13)14,7(15)16)3(2)5(11)12/h2-3H,1H2,(H,9,10)(H,11,12)(H,13,14)(H,15,16). The van der Waals surface area contributed by atoms with Crippen LogP contribution in [0.25, 0.3) is 0 Å². The van der Waals surface area contributed by atoms with E-state index < -0.39 is 47.5 Å². The average Bonchev–Trinajstić information content (AvgIpc) is 1.98. The van der Waals surface area contributed by atoms with E-state index in [9.17, 15) is 19.2 Å². The number of carbonyl (C=O) groups is 4. The van der Waals surface area contributed by atoms with E-state index in [1.807, 2.05) is 0 Å². The van der Waals surface area contributed by atoms with Gasteiger partial charge in [-0.25, -0.2) is 0 Å². The zero-order valence-corrected chi connectivity index (χ0v) is 7.78. The third-order valence-electron chi connectivity index (χ3n) is 2.82. The highest BCUT2D eigenvalue weighted by Gasteiger charge is 2.70. The largest absolute Gasteiger partial charge is 0.481 e. The van der Waals surface area contributed by atoms with Gasteiger partial charge in [0.25, 0.3) is 0 Å². The number of rotatable bonds is 4. The lowest BCUT2D eigenvalue weighted by Crippen LogP contribution is -2.62. The second-order valence-electron chi connectivity index (χ2n) is 3.55. The van der Waals surface area contributed by atoms with E-state index in [-0.39, 0.29) is 0 Å². The van der Waals surface area contributed by atoms with E-state index in [1.165, 1.54) is 0 Å². The highest BCUT2D eigenvalue weighted by atomic mass is 16.4. The fraction of sp³-hybridized carbons (Fsp3) is 0.500. The summed E-state index contributed by atoms with van der Waals surface area (Å²) in [5.41, 5.74) is -2.53. The summed E-state index contributed by atoms with van der Waals surface area (Å²) in [4.78, 5) is 42.9. The quantitative estimate of drug-likeness (QED) is 0.448. The van der Waals surface area contributed by atoms with Crippen molar-refractivity contribution in [2.75, 3.05) is 0 Å². The van der Waals surface area contributed by atoms with Crippen LogP contribution in [0.5, 0.6) is 0 Å². The van der Waals surface area contributed by atoms with E-state index in [4.69, 9.17) is 20.4 Å². The van der Waals surface area contributed by atoms with E-state index in [0.29, 0.717) is 0 Å². The minimum Gasteiger partial charge on any atom is -0.481 e. The van der Waals surface area contributed by atoms with Crippen LogP contribution in [0.2, 0.25) is 0 Å². The fourth-order valence-corrected chi connectivity index (χ4v) is 1.92. The molecule has 1 aliphatic rings. The third kappa shape index (κ3) is 1.30. The second-order valence-corrected chi connectivity index (χ2v) is 3.55. The van der Waals surface area contributed by atoms with Crippen molar-refractivity contribution in [3.8, 4) is 0 Å². The van der Waals surface area contributed by atoms with Crippen LogP contribution < -0.4 is 0 Å². The van der Waals surface area contributed by atoms with Gasteiger partial charge in [0.15, 0.2) is 5.41 Å². The first kappa shape index (κ1) is 12.0. The van der Waals surface area contributed by atoms with Crippen LogP contribution in [0.4, 0.5) is 0 Å². The van der Waals surface area contributed by atoms with Crippen molar-refractivity contribution in [3.63, 3.8) is 0 Å². The highest BCUT2D eigenvalue weighted by Crippen LogP contribution is 2.52. The van der Waals surface area contributed by atoms with Gasteiger partial charge >= 0.3 is 23.9 Å². The average molecular weight is 232 g/mol. The van der Waals surface area contributed by atoms with Crippen LogP contribution >= 0.6 is 0 Å². The Balaban J connectivity index is 3.17. The molecule has 4 N–H and O–H groups in total. The van der Waals surface area contributed by atoms with Crippen LogP contribution in [0.3, 0.4) is 0 Å². The molecule has 2 atom stereocenters. The molecule has 2 unspecified atom stereocenters. The van der Waals surface area contributed by atoms with Gasteiger partial charge in [0.2, 0.25) is 0 Å². The fourth-order valence-electron chi connectivity index (χ4n) is 1.92. The Kier molecular flexibility index (Phi) is 2.59. The van der Waals surface area contributed by atoms with Crippen LogP contribution in [-0.2, 0) is 19.2 Å². The molecule has 0 radical (unpaired) electrons. The van der Waals surface area contributed by atoms with Crippen molar-refractivity contribution in [1.29, 1.82) is 0 Å². The van der Waals surface area contributed by atoms with Gasteiger partial charge in [-0.3, -0.25) is 19.2 Å². The molecule has 0 aromatic heterocycles. The maximum atomic E-state index is 10.8. The number of hydrogen-bond donors (Lipinski definition) is 4. The molecule has 16 heavy (non-hydrogen) atoms. The van der Waals surface area contributed by atoms with Crippen molar-refractivity contribution in [2.24, 2.45) is 17.3 Å². The van der Waals surface area contributed by atoms with Gasteiger partial charge in [0, 0.05) is 0 Å². The minimum atomic E-state index is -2.53. The first-order valence-electron chi connectivity index (χ1n) is 4.17. The number of aliphatic carboxylic acids is 4. The molecule has 0 aromatic carbocycles. The molecule has 8 heteroatoms. The topological polar surface area (TPSA) is 149 Å². The van der Waals surface area contributed by atoms with Gasteiger partial charge in [-0.05, 0) is 6.42 Å². The summed E-state index contributed by atoms with van der Waals surface area (Å²) in [6.07, 6.45) is -0.718. The predicted molar refractivity (Wildman–Crippen MR) is 44.6 cm³/mol. The summed E-state index contributed by atoms with van der Waals surface area (Å²) < 4.78 is 0. The van der Waals surface area contributed by atoms with Gasteiger partial charge in [-0.2, -0.15) is 0 Å². The lowest BCUT2D eigenvalue weighted by atomic mass is 9.53. The normalized spacial score (nSPS) is 26.5. The molecule has 0 heterocycles. The Morgan fingerprint density at radius 3 is 1.56 bits per heavy atom. The zero-order chi connectivity index (χ0) is 12.7. The van der Waals surface area contributed by atoms with Crippen molar-refractivity contribution < 1.29 is 39.6 Å². The predicted octanol–water partition coefficient (Wildman–Crippen LogP) is -1.05. The summed E-state index contributed by atoms with van der Waals surface area (Å²) in [5, 5.41) is 34.8. The summed E-state index contributed by atoms with van der Waals surface area (Å²) in [5.74, 6) is -10.3. The van der Waals surface area contributed by atoms with Crippen LogP contribution in [0.15, 0.2) is 0 Å². The van der Waals surface area contributed by atoms with Gasteiger partial charge in [0.05, 0.1) is 11.8 Å². The van der Waals surface area contributed by atoms with Crippen molar-refractivity contribution in [2.45, 2.75) is 6.42 Å². The Morgan fingerprint density at radius 1 is 0.875 bits per heavy atom. The molecule has 1 fully saturated rings. The molecule has 0 aromatic rings. The molecule has 1 aliphatic carbocycles. The summed E-state index contributed by atoms with van der Waals surface area (Å²) in [6, 6.07) is 0. The molecular weight excluding hydrogens is 224 g/mol. The van der Waals surface area contributed by atoms with E-state index >= 15 is 0 Å². The third-order valence-corrected chi connectivity index (χ3v) is 2.82. The van der Waals surface area contributed by atoms with Crippen LogP contribution in [0.1, 0.15) is 6.42 Å². The number of hydrogen-bond acceptors (Lipinski definition) is 4. The molecule has 88 valence electrons. The van der Waals surface area contributed by atoms with Crippen LogP contribution in [-0.4, -0.2) is 44.3 Å². The van der Waals surface area contributed by atoms with Crippen LogP contribution in [0, 0.1) is 17.3 Å². The van der Waals surface area contributed by atoms with Crippen molar-refractivity contribution in [1.82, 2.24) is 0 Å². The second kappa shape index (κ2) is 3.47. The molecule has 0 saturated heterocycles. The first-order valence-corrected chi connectivity index (χ1v) is 4.17. The molecule has 1 rings (SSSR count). The lowest BCUT2D eigenvalue weighted by molar-refractivity contribution is -0.199. The number of carboxylic acid groups (broad SMARTS) is 4. The zero-order valence-electron chi connectivity index (χ0n) is 7.78. The van der Waals surface area contributed by atoms with Gasteiger partial charge in [-0.15, -0.1) is 0 Å². The Morgan fingerprint density at radius 2 is 1.31 bits per heavy atom. The first-order chi connectivity index (χ1) is 7.25. The SMILES string of the molecule is O=C(O)C1CC(C(=O)O)(C(=O)O)C1C(=O)O. The maximum absolute atomic E-state index is 10.8. The van der Waals surface area contributed by atoms with E-state index in [1.54, 1.807) is 0 Å². The smallest absolute Gasteiger partial charge is 0.322 e. The maximum Gasteiger partial charge on any atom is 0.322 e. The molecule has 1 saturated carbocycles. The van der Waals surface area contributed by atoms with Gasteiger partial charge < -0.3 is 20.4 Å². The molecular formula is C8H8O8. The molecule has 0 aliphatic heterocycles. The van der Waals surface area contributed by atoms with Gasteiger partial charge in [0.1, 0.15) is 0 Å². The highest BCUT2D eigenvalue weighted by molar-refractivity contribution is 6.06.